The van der Waals surface area contributed by atoms with Gasteiger partial charge in [-0.15, -0.1) is 0 Å². The zero-order valence-corrected chi connectivity index (χ0v) is 10.8. The molecule has 0 bridgehead atoms. The van der Waals surface area contributed by atoms with Crippen LogP contribution in [0.15, 0.2) is 0 Å². The van der Waals surface area contributed by atoms with Gasteiger partial charge in [-0.1, -0.05) is 19.8 Å². The summed E-state index contributed by atoms with van der Waals surface area (Å²) in [4.78, 5) is 34.4. The zero-order chi connectivity index (χ0) is 12.8. The maximum absolute atomic E-state index is 11.7. The number of hydrogen-bond donors (Lipinski definition) is 0. The first kappa shape index (κ1) is 15.0. The van der Waals surface area contributed by atoms with Crippen molar-refractivity contribution in [2.45, 2.75) is 59.8 Å². The summed E-state index contributed by atoms with van der Waals surface area (Å²) in [7, 11) is 0. The summed E-state index contributed by atoms with van der Waals surface area (Å²) in [6.07, 6.45) is 3.04. The quantitative estimate of drug-likeness (QED) is 0.598. The fourth-order valence-corrected chi connectivity index (χ4v) is 1.94. The maximum atomic E-state index is 11.7. The number of Topliss-reactive ketones (excluding diaryl/α,β-unsaturated/α-hetero) is 3. The highest BCUT2D eigenvalue weighted by molar-refractivity contribution is 6.05. The molecule has 0 saturated heterocycles. The van der Waals surface area contributed by atoms with Crippen molar-refractivity contribution in [3.63, 3.8) is 0 Å². The molecule has 0 fully saturated rings. The molecular formula is C13H22O3. The minimum Gasteiger partial charge on any atom is -0.300 e. The Morgan fingerprint density at radius 2 is 1.44 bits per heavy atom. The summed E-state index contributed by atoms with van der Waals surface area (Å²) in [6, 6.07) is 0. The van der Waals surface area contributed by atoms with Gasteiger partial charge in [-0.25, -0.2) is 0 Å². The van der Waals surface area contributed by atoms with Crippen LogP contribution in [0.25, 0.3) is 0 Å². The largest absolute Gasteiger partial charge is 0.300 e. The van der Waals surface area contributed by atoms with Gasteiger partial charge < -0.3 is 4.79 Å². The summed E-state index contributed by atoms with van der Waals surface area (Å²) in [5, 5.41) is 0. The molecule has 0 amide bonds. The lowest BCUT2D eigenvalue weighted by Gasteiger charge is -2.28. The molecule has 92 valence electrons. The van der Waals surface area contributed by atoms with Crippen LogP contribution in [0.4, 0.5) is 0 Å². The van der Waals surface area contributed by atoms with Crippen molar-refractivity contribution in [2.24, 2.45) is 5.41 Å². The van der Waals surface area contributed by atoms with Crippen LogP contribution in [0.3, 0.4) is 0 Å². The molecule has 0 heterocycles. The molecule has 0 unspecified atom stereocenters. The summed E-state index contributed by atoms with van der Waals surface area (Å²) in [6.45, 7) is 6.43. The Hall–Kier alpha value is -0.990. The van der Waals surface area contributed by atoms with Crippen LogP contribution in [0.5, 0.6) is 0 Å². The van der Waals surface area contributed by atoms with Crippen molar-refractivity contribution in [1.29, 1.82) is 0 Å². The van der Waals surface area contributed by atoms with Crippen molar-refractivity contribution >= 4 is 17.3 Å². The topological polar surface area (TPSA) is 51.2 Å². The van der Waals surface area contributed by atoms with E-state index in [1.54, 1.807) is 0 Å². The molecule has 16 heavy (non-hydrogen) atoms. The molecule has 0 rings (SSSR count). The molecule has 0 N–H and O–H groups in total. The van der Waals surface area contributed by atoms with Gasteiger partial charge in [0.1, 0.15) is 17.3 Å². The highest BCUT2D eigenvalue weighted by atomic mass is 16.2. The van der Waals surface area contributed by atoms with E-state index in [9.17, 15) is 14.4 Å². The van der Waals surface area contributed by atoms with E-state index in [4.69, 9.17) is 0 Å². The van der Waals surface area contributed by atoms with Gasteiger partial charge in [0.25, 0.3) is 0 Å². The van der Waals surface area contributed by atoms with Crippen LogP contribution in [0.1, 0.15) is 59.8 Å². The van der Waals surface area contributed by atoms with Crippen LogP contribution in [-0.4, -0.2) is 17.3 Å². The first-order valence-corrected chi connectivity index (χ1v) is 5.88. The van der Waals surface area contributed by atoms with Gasteiger partial charge >= 0.3 is 0 Å². The van der Waals surface area contributed by atoms with E-state index < -0.39 is 5.41 Å². The lowest BCUT2D eigenvalue weighted by atomic mass is 9.72. The third-order valence-electron chi connectivity index (χ3n) is 3.21. The fraction of sp³-hybridized carbons (Fsp3) is 0.769. The standard InChI is InChI=1S/C13H22O3/c1-5-6-8-13(11(3)15,12(4)16)9-7-10(2)14/h5-9H2,1-4H3. The maximum Gasteiger partial charge on any atom is 0.143 e. The van der Waals surface area contributed by atoms with Crippen LogP contribution in [0, 0.1) is 5.41 Å². The average Bonchev–Trinajstić information content (AvgIpc) is 2.17. The molecule has 0 spiro atoms. The van der Waals surface area contributed by atoms with E-state index in [2.05, 4.69) is 0 Å². The number of unbranched alkanes of at least 4 members (excludes halogenated alkanes) is 1. The van der Waals surface area contributed by atoms with E-state index in [0.29, 0.717) is 19.3 Å². The Labute approximate surface area is 97.6 Å². The predicted molar refractivity (Wildman–Crippen MR) is 63.2 cm³/mol. The number of carbonyl (C=O) groups is 3. The Morgan fingerprint density at radius 3 is 1.75 bits per heavy atom. The average molecular weight is 226 g/mol. The second kappa shape index (κ2) is 6.56. The van der Waals surface area contributed by atoms with Crippen molar-refractivity contribution in [3.8, 4) is 0 Å². The monoisotopic (exact) mass is 226 g/mol. The molecule has 0 atom stereocenters. The first-order valence-electron chi connectivity index (χ1n) is 5.88. The number of hydrogen-bond acceptors (Lipinski definition) is 3. The summed E-state index contributed by atoms with van der Waals surface area (Å²) in [5.41, 5.74) is -0.915. The highest BCUT2D eigenvalue weighted by Gasteiger charge is 2.39. The third-order valence-corrected chi connectivity index (χ3v) is 3.21. The SMILES string of the molecule is CCCCC(CCC(C)=O)(C(C)=O)C(C)=O. The Balaban J connectivity index is 4.86. The Kier molecular flexibility index (Phi) is 6.16. The number of ketones is 3. The lowest BCUT2D eigenvalue weighted by molar-refractivity contribution is -0.139. The van der Waals surface area contributed by atoms with Gasteiger partial charge in [0.05, 0.1) is 5.41 Å². The van der Waals surface area contributed by atoms with Gasteiger partial charge in [0.15, 0.2) is 0 Å². The minimum absolute atomic E-state index is 0.0309. The molecule has 0 aromatic heterocycles. The van der Waals surface area contributed by atoms with Crippen molar-refractivity contribution in [2.75, 3.05) is 0 Å². The number of rotatable bonds is 8. The van der Waals surface area contributed by atoms with E-state index in [1.807, 2.05) is 6.92 Å². The normalized spacial score (nSPS) is 11.2. The van der Waals surface area contributed by atoms with Gasteiger partial charge in [-0.2, -0.15) is 0 Å². The van der Waals surface area contributed by atoms with Crippen molar-refractivity contribution in [3.05, 3.63) is 0 Å². The summed E-state index contributed by atoms with van der Waals surface area (Å²) in [5.74, 6) is -0.173. The molecule has 3 nitrogen and oxygen atoms in total. The van der Waals surface area contributed by atoms with Crippen LogP contribution in [-0.2, 0) is 14.4 Å². The molecule has 0 aliphatic rings. The molecule has 0 aliphatic carbocycles. The Morgan fingerprint density at radius 1 is 0.938 bits per heavy atom. The van der Waals surface area contributed by atoms with E-state index in [-0.39, 0.29) is 17.3 Å². The first-order chi connectivity index (χ1) is 7.36. The van der Waals surface area contributed by atoms with Crippen molar-refractivity contribution in [1.82, 2.24) is 0 Å². The van der Waals surface area contributed by atoms with Gasteiger partial charge in [-0.05, 0) is 33.6 Å². The molecular weight excluding hydrogens is 204 g/mol. The van der Waals surface area contributed by atoms with Crippen LogP contribution < -0.4 is 0 Å². The fourth-order valence-electron chi connectivity index (χ4n) is 1.94. The van der Waals surface area contributed by atoms with E-state index in [1.165, 1.54) is 20.8 Å². The predicted octanol–water partition coefficient (Wildman–Crippen LogP) is 2.71. The molecule has 0 aliphatic heterocycles. The van der Waals surface area contributed by atoms with E-state index in [0.717, 1.165) is 12.8 Å². The number of carbonyl (C=O) groups excluding carboxylic acids is 3. The van der Waals surface area contributed by atoms with Crippen molar-refractivity contribution < 1.29 is 14.4 Å². The molecule has 0 radical (unpaired) electrons. The second-order valence-electron chi connectivity index (χ2n) is 4.50. The molecule has 0 saturated carbocycles. The van der Waals surface area contributed by atoms with Gasteiger partial charge in [-0.3, -0.25) is 9.59 Å². The van der Waals surface area contributed by atoms with Gasteiger partial charge in [0.2, 0.25) is 0 Å². The minimum atomic E-state index is -0.915. The highest BCUT2D eigenvalue weighted by Crippen LogP contribution is 2.33. The van der Waals surface area contributed by atoms with E-state index >= 15 is 0 Å². The van der Waals surface area contributed by atoms with Gasteiger partial charge in [0, 0.05) is 6.42 Å². The zero-order valence-electron chi connectivity index (χ0n) is 10.8. The second-order valence-corrected chi connectivity index (χ2v) is 4.50. The summed E-state index contributed by atoms with van der Waals surface area (Å²) < 4.78 is 0. The van der Waals surface area contributed by atoms with Crippen LogP contribution >= 0.6 is 0 Å². The Bertz CT molecular complexity index is 265. The third kappa shape index (κ3) is 3.87. The molecule has 0 aromatic carbocycles. The van der Waals surface area contributed by atoms with Crippen LogP contribution in [0.2, 0.25) is 0 Å². The smallest absolute Gasteiger partial charge is 0.143 e. The summed E-state index contributed by atoms with van der Waals surface area (Å²) >= 11 is 0. The lowest BCUT2D eigenvalue weighted by Crippen LogP contribution is -2.37. The molecule has 0 aromatic rings. The molecule has 3 heteroatoms.